The first kappa shape index (κ1) is 14.5. The van der Waals surface area contributed by atoms with Gasteiger partial charge in [0.05, 0.1) is 6.42 Å². The third-order valence-corrected chi connectivity index (χ3v) is 3.35. The molecule has 0 saturated heterocycles. The van der Waals surface area contributed by atoms with Gasteiger partial charge in [0.15, 0.2) is 5.78 Å². The highest BCUT2D eigenvalue weighted by Crippen LogP contribution is 2.12. The minimum absolute atomic E-state index is 0.130. The molecule has 2 rings (SSSR count). The van der Waals surface area contributed by atoms with Gasteiger partial charge in [0.1, 0.15) is 0 Å². The molecule has 0 heterocycles. The molecule has 0 aromatic heterocycles. The topological polar surface area (TPSA) is 46.2 Å². The fraction of sp³-hybridized carbons (Fsp3) is 0.125. The number of ketones is 1. The van der Waals surface area contributed by atoms with Crippen LogP contribution in [-0.2, 0) is 11.3 Å². The van der Waals surface area contributed by atoms with Crippen molar-refractivity contribution in [2.24, 2.45) is 0 Å². The zero-order chi connectivity index (χ0) is 14.4. The van der Waals surface area contributed by atoms with E-state index in [1.54, 1.807) is 24.3 Å². The Morgan fingerprint density at radius 3 is 2.25 bits per heavy atom. The molecule has 20 heavy (non-hydrogen) atoms. The molecule has 1 amide bonds. The zero-order valence-electron chi connectivity index (χ0n) is 10.8. The summed E-state index contributed by atoms with van der Waals surface area (Å²) in [5.74, 6) is -0.440. The molecule has 0 fully saturated rings. The lowest BCUT2D eigenvalue weighted by atomic mass is 10.1. The summed E-state index contributed by atoms with van der Waals surface area (Å²) in [5.41, 5.74) is 1.56. The largest absolute Gasteiger partial charge is 0.352 e. The van der Waals surface area contributed by atoms with Crippen molar-refractivity contribution in [3.8, 4) is 0 Å². The second-order valence-electron chi connectivity index (χ2n) is 4.37. The van der Waals surface area contributed by atoms with Crippen molar-refractivity contribution in [3.05, 3.63) is 70.2 Å². The molecule has 0 unspecified atom stereocenters. The van der Waals surface area contributed by atoms with Gasteiger partial charge in [0.25, 0.3) is 0 Å². The Bertz CT molecular complexity index is 594. The first-order valence-corrected chi connectivity index (χ1v) is 7.04. The number of carbonyl (C=O) groups excluding carboxylic acids is 2. The lowest BCUT2D eigenvalue weighted by molar-refractivity contribution is -0.120. The van der Waals surface area contributed by atoms with E-state index < -0.39 is 0 Å². The quantitative estimate of drug-likeness (QED) is 0.674. The Kier molecular flexibility index (Phi) is 5.07. The van der Waals surface area contributed by atoms with Crippen molar-refractivity contribution in [1.82, 2.24) is 5.32 Å². The molecule has 0 aliphatic heterocycles. The zero-order valence-corrected chi connectivity index (χ0v) is 12.4. The monoisotopic (exact) mass is 331 g/mol. The number of nitrogens with one attached hydrogen (secondary N) is 1. The van der Waals surface area contributed by atoms with E-state index in [9.17, 15) is 9.59 Å². The second kappa shape index (κ2) is 7.01. The van der Waals surface area contributed by atoms with Crippen LogP contribution in [0.1, 0.15) is 22.3 Å². The number of rotatable bonds is 5. The number of Topliss-reactive ketones (excluding diaryl/α,β-unsaturated/α-hetero) is 1. The maximum atomic E-state index is 11.9. The fourth-order valence-corrected chi connectivity index (χ4v) is 2.01. The van der Waals surface area contributed by atoms with Crippen LogP contribution in [0.3, 0.4) is 0 Å². The summed E-state index contributed by atoms with van der Waals surface area (Å²) >= 11 is 3.31. The van der Waals surface area contributed by atoms with Crippen molar-refractivity contribution in [3.63, 3.8) is 0 Å². The molecular weight excluding hydrogens is 318 g/mol. The number of halogens is 1. The van der Waals surface area contributed by atoms with Gasteiger partial charge in [0, 0.05) is 16.6 Å². The molecule has 0 atom stereocenters. The first-order chi connectivity index (χ1) is 9.65. The van der Waals surface area contributed by atoms with Gasteiger partial charge in [-0.05, 0) is 17.7 Å². The predicted octanol–water partition coefficient (Wildman–Crippen LogP) is 3.34. The van der Waals surface area contributed by atoms with Crippen LogP contribution >= 0.6 is 15.9 Å². The first-order valence-electron chi connectivity index (χ1n) is 6.24. The molecule has 3 nitrogen and oxygen atoms in total. The molecule has 4 heteroatoms. The standard InChI is InChI=1S/C16H14BrNO2/c17-14-8-6-13(7-9-14)15(19)10-16(20)18-11-12-4-2-1-3-5-12/h1-9H,10-11H2,(H,18,20). The van der Waals surface area contributed by atoms with Gasteiger partial charge in [-0.2, -0.15) is 0 Å². The molecule has 1 N–H and O–H groups in total. The Morgan fingerprint density at radius 2 is 1.60 bits per heavy atom. The Balaban J connectivity index is 1.85. The van der Waals surface area contributed by atoms with Crippen LogP contribution in [0.15, 0.2) is 59.1 Å². The lowest BCUT2D eigenvalue weighted by Crippen LogP contribution is -2.25. The number of carbonyl (C=O) groups is 2. The fourth-order valence-electron chi connectivity index (χ4n) is 1.74. The molecule has 2 aromatic carbocycles. The van der Waals surface area contributed by atoms with E-state index >= 15 is 0 Å². The summed E-state index contributed by atoms with van der Waals surface area (Å²) in [7, 11) is 0. The normalized spacial score (nSPS) is 10.1. The molecule has 0 bridgehead atoms. The van der Waals surface area contributed by atoms with Gasteiger partial charge in [-0.15, -0.1) is 0 Å². The van der Waals surface area contributed by atoms with E-state index in [1.165, 1.54) is 0 Å². The van der Waals surface area contributed by atoms with Gasteiger partial charge in [-0.1, -0.05) is 58.4 Å². The minimum Gasteiger partial charge on any atom is -0.352 e. The third-order valence-electron chi connectivity index (χ3n) is 2.82. The van der Waals surface area contributed by atoms with E-state index in [4.69, 9.17) is 0 Å². The summed E-state index contributed by atoms with van der Waals surface area (Å²) < 4.78 is 0.905. The third kappa shape index (κ3) is 4.31. The SMILES string of the molecule is O=C(CC(=O)c1ccc(Br)cc1)NCc1ccccc1. The minimum atomic E-state index is -0.262. The average molecular weight is 332 g/mol. The second-order valence-corrected chi connectivity index (χ2v) is 5.28. The van der Waals surface area contributed by atoms with Gasteiger partial charge in [-0.25, -0.2) is 0 Å². The number of hydrogen-bond acceptors (Lipinski definition) is 2. The average Bonchev–Trinajstić information content (AvgIpc) is 2.47. The number of amides is 1. The Hall–Kier alpha value is -1.94. The number of hydrogen-bond donors (Lipinski definition) is 1. The molecule has 0 spiro atoms. The summed E-state index contributed by atoms with van der Waals surface area (Å²) in [6.07, 6.45) is -0.130. The highest BCUT2D eigenvalue weighted by Gasteiger charge is 2.11. The van der Waals surface area contributed by atoms with Crippen LogP contribution in [0.25, 0.3) is 0 Å². The van der Waals surface area contributed by atoms with Crippen molar-refractivity contribution < 1.29 is 9.59 Å². The van der Waals surface area contributed by atoms with Crippen molar-refractivity contribution >= 4 is 27.6 Å². The maximum absolute atomic E-state index is 11.9. The van der Waals surface area contributed by atoms with Gasteiger partial charge in [0.2, 0.25) is 5.91 Å². The lowest BCUT2D eigenvalue weighted by Gasteiger charge is -2.05. The highest BCUT2D eigenvalue weighted by molar-refractivity contribution is 9.10. The highest BCUT2D eigenvalue weighted by atomic mass is 79.9. The molecule has 0 aliphatic rings. The van der Waals surface area contributed by atoms with E-state index in [0.29, 0.717) is 12.1 Å². The van der Waals surface area contributed by atoms with Crippen LogP contribution in [-0.4, -0.2) is 11.7 Å². The van der Waals surface area contributed by atoms with Gasteiger partial charge < -0.3 is 5.32 Å². The van der Waals surface area contributed by atoms with Gasteiger partial charge >= 0.3 is 0 Å². The van der Waals surface area contributed by atoms with Crippen LogP contribution in [0.5, 0.6) is 0 Å². The summed E-state index contributed by atoms with van der Waals surface area (Å²) in [6.45, 7) is 0.438. The van der Waals surface area contributed by atoms with Crippen LogP contribution in [0.2, 0.25) is 0 Å². The molecule has 0 aliphatic carbocycles. The predicted molar refractivity (Wildman–Crippen MR) is 81.4 cm³/mol. The Labute approximate surface area is 126 Å². The van der Waals surface area contributed by atoms with Gasteiger partial charge in [-0.3, -0.25) is 9.59 Å². The number of benzene rings is 2. The molecule has 2 aromatic rings. The van der Waals surface area contributed by atoms with Crippen LogP contribution in [0, 0.1) is 0 Å². The van der Waals surface area contributed by atoms with Crippen molar-refractivity contribution in [1.29, 1.82) is 0 Å². The van der Waals surface area contributed by atoms with Crippen LogP contribution < -0.4 is 5.32 Å². The maximum Gasteiger partial charge on any atom is 0.228 e. The molecular formula is C16H14BrNO2. The summed E-state index contributed by atoms with van der Waals surface area (Å²) in [4.78, 5) is 23.6. The van der Waals surface area contributed by atoms with E-state index in [0.717, 1.165) is 10.0 Å². The van der Waals surface area contributed by atoms with E-state index in [1.807, 2.05) is 30.3 Å². The van der Waals surface area contributed by atoms with E-state index in [-0.39, 0.29) is 18.1 Å². The molecule has 102 valence electrons. The summed E-state index contributed by atoms with van der Waals surface area (Å²) in [5, 5.41) is 2.74. The molecule has 0 saturated carbocycles. The summed E-state index contributed by atoms with van der Waals surface area (Å²) in [6, 6.07) is 16.6. The van der Waals surface area contributed by atoms with Crippen molar-refractivity contribution in [2.45, 2.75) is 13.0 Å². The van der Waals surface area contributed by atoms with E-state index in [2.05, 4.69) is 21.2 Å². The molecule has 0 radical (unpaired) electrons. The van der Waals surface area contributed by atoms with Crippen LogP contribution in [0.4, 0.5) is 0 Å². The van der Waals surface area contributed by atoms with Crippen molar-refractivity contribution in [2.75, 3.05) is 0 Å². The smallest absolute Gasteiger partial charge is 0.228 e. The Morgan fingerprint density at radius 1 is 0.950 bits per heavy atom.